The van der Waals surface area contributed by atoms with Crippen LogP contribution in [-0.4, -0.2) is 35.1 Å². The highest BCUT2D eigenvalue weighted by Gasteiger charge is 2.55. The van der Waals surface area contributed by atoms with Gasteiger partial charge in [0.1, 0.15) is 0 Å². The van der Waals surface area contributed by atoms with Crippen LogP contribution in [-0.2, 0) is 4.79 Å². The van der Waals surface area contributed by atoms with Gasteiger partial charge in [-0.1, -0.05) is 0 Å². The summed E-state index contributed by atoms with van der Waals surface area (Å²) in [5.41, 5.74) is -0.399. The van der Waals surface area contributed by atoms with Crippen LogP contribution >= 0.6 is 0 Å². The van der Waals surface area contributed by atoms with Gasteiger partial charge in [-0.3, -0.25) is 4.79 Å². The first-order valence-electron chi connectivity index (χ1n) is 5.54. The molecule has 1 saturated heterocycles. The predicted molar refractivity (Wildman–Crippen MR) is 53.7 cm³/mol. The molecule has 2 fully saturated rings. The number of hydrogen-bond acceptors (Lipinski definition) is 2. The highest BCUT2D eigenvalue weighted by atomic mass is 16.3. The molecule has 14 heavy (non-hydrogen) atoms. The first kappa shape index (κ1) is 9.97. The summed E-state index contributed by atoms with van der Waals surface area (Å²) in [5, 5.41) is 9.45. The third-order valence-corrected chi connectivity index (χ3v) is 3.75. The topological polar surface area (TPSA) is 40.5 Å². The molecule has 1 unspecified atom stereocenters. The van der Waals surface area contributed by atoms with Gasteiger partial charge in [0.2, 0.25) is 5.91 Å². The molecule has 3 nitrogen and oxygen atoms in total. The van der Waals surface area contributed by atoms with E-state index >= 15 is 0 Å². The molecule has 1 amide bonds. The van der Waals surface area contributed by atoms with Crippen molar-refractivity contribution in [1.82, 2.24) is 4.90 Å². The lowest BCUT2D eigenvalue weighted by Gasteiger charge is -2.27. The highest BCUT2D eigenvalue weighted by Crippen LogP contribution is 2.51. The molecule has 0 aromatic rings. The Balaban J connectivity index is 2.18. The number of aliphatic hydroxyl groups is 1. The molecule has 0 aromatic heterocycles. The van der Waals surface area contributed by atoms with E-state index in [1.165, 1.54) is 0 Å². The van der Waals surface area contributed by atoms with E-state index in [2.05, 4.69) is 0 Å². The second kappa shape index (κ2) is 3.23. The van der Waals surface area contributed by atoms with Crippen molar-refractivity contribution in [3.63, 3.8) is 0 Å². The first-order valence-corrected chi connectivity index (χ1v) is 5.54. The molecule has 0 spiro atoms. The van der Waals surface area contributed by atoms with E-state index in [1.54, 1.807) is 0 Å². The summed E-state index contributed by atoms with van der Waals surface area (Å²) in [5.74, 6) is 0.654. The average molecular weight is 197 g/mol. The number of amides is 1. The van der Waals surface area contributed by atoms with Crippen LogP contribution in [0.15, 0.2) is 0 Å². The smallest absolute Gasteiger partial charge is 0.231 e. The van der Waals surface area contributed by atoms with Gasteiger partial charge in [0.05, 0.1) is 12.0 Å². The molecule has 1 saturated carbocycles. The predicted octanol–water partition coefficient (Wildman–Crippen LogP) is 1.02. The van der Waals surface area contributed by atoms with Gasteiger partial charge in [0.15, 0.2) is 0 Å². The zero-order valence-electron chi connectivity index (χ0n) is 8.99. The number of hydrogen-bond donors (Lipinski definition) is 1. The second-order valence-corrected chi connectivity index (χ2v) is 4.93. The zero-order valence-corrected chi connectivity index (χ0v) is 8.99. The van der Waals surface area contributed by atoms with Crippen molar-refractivity contribution in [3.8, 4) is 0 Å². The SMILES string of the molecule is CC(C)N1CCC(CO)(C2CC2)C1=O. The summed E-state index contributed by atoms with van der Waals surface area (Å²) < 4.78 is 0. The number of carbonyl (C=O) groups is 1. The van der Waals surface area contributed by atoms with Gasteiger partial charge in [-0.15, -0.1) is 0 Å². The molecule has 0 bridgehead atoms. The van der Waals surface area contributed by atoms with E-state index in [9.17, 15) is 9.90 Å². The normalized spacial score (nSPS) is 33.1. The fourth-order valence-electron chi connectivity index (χ4n) is 2.60. The molecular formula is C11H19NO2. The minimum absolute atomic E-state index is 0.0414. The van der Waals surface area contributed by atoms with Gasteiger partial charge in [-0.25, -0.2) is 0 Å². The number of carbonyl (C=O) groups excluding carboxylic acids is 1. The lowest BCUT2D eigenvalue weighted by Crippen LogP contribution is -2.41. The Morgan fingerprint density at radius 3 is 2.57 bits per heavy atom. The Hall–Kier alpha value is -0.570. The Morgan fingerprint density at radius 1 is 1.57 bits per heavy atom. The van der Waals surface area contributed by atoms with Gasteiger partial charge >= 0.3 is 0 Å². The summed E-state index contributed by atoms with van der Waals surface area (Å²) in [6.07, 6.45) is 3.10. The molecule has 1 heterocycles. The van der Waals surface area contributed by atoms with Crippen LogP contribution < -0.4 is 0 Å². The van der Waals surface area contributed by atoms with E-state index in [4.69, 9.17) is 0 Å². The van der Waals surface area contributed by atoms with Gasteiger partial charge < -0.3 is 10.0 Å². The standard InChI is InChI=1S/C11H19NO2/c1-8(2)12-6-5-11(7-13,10(12)14)9-3-4-9/h8-9,13H,3-7H2,1-2H3. The van der Waals surface area contributed by atoms with Gasteiger partial charge in [0.25, 0.3) is 0 Å². The minimum Gasteiger partial charge on any atom is -0.395 e. The monoisotopic (exact) mass is 197 g/mol. The summed E-state index contributed by atoms with van der Waals surface area (Å²) in [6.45, 7) is 4.95. The largest absolute Gasteiger partial charge is 0.395 e. The van der Waals surface area contributed by atoms with Crippen LogP contribution in [0.5, 0.6) is 0 Å². The lowest BCUT2D eigenvalue weighted by atomic mass is 9.82. The molecule has 1 aliphatic heterocycles. The fourth-order valence-corrected chi connectivity index (χ4v) is 2.60. The van der Waals surface area contributed by atoms with Crippen LogP contribution in [0.2, 0.25) is 0 Å². The van der Waals surface area contributed by atoms with Crippen molar-refractivity contribution in [2.24, 2.45) is 11.3 Å². The van der Waals surface area contributed by atoms with Crippen molar-refractivity contribution < 1.29 is 9.90 Å². The molecule has 1 aliphatic carbocycles. The third-order valence-electron chi connectivity index (χ3n) is 3.75. The van der Waals surface area contributed by atoms with Crippen molar-refractivity contribution >= 4 is 5.91 Å². The summed E-state index contributed by atoms with van der Waals surface area (Å²) in [7, 11) is 0. The Labute approximate surface area is 85.1 Å². The number of nitrogens with zero attached hydrogens (tertiary/aromatic N) is 1. The van der Waals surface area contributed by atoms with Gasteiger partial charge in [-0.2, -0.15) is 0 Å². The molecule has 0 aromatic carbocycles. The van der Waals surface area contributed by atoms with Crippen LogP contribution in [0, 0.1) is 11.3 Å². The van der Waals surface area contributed by atoms with E-state index in [1.807, 2.05) is 18.7 Å². The van der Waals surface area contributed by atoms with E-state index < -0.39 is 5.41 Å². The molecule has 1 N–H and O–H groups in total. The van der Waals surface area contributed by atoms with Crippen molar-refractivity contribution in [2.45, 2.75) is 39.2 Å². The first-order chi connectivity index (χ1) is 6.62. The number of likely N-dealkylation sites (tertiary alicyclic amines) is 1. The average Bonchev–Trinajstić information content (AvgIpc) is 2.92. The van der Waals surface area contributed by atoms with Crippen LogP contribution in [0.1, 0.15) is 33.1 Å². The molecule has 2 rings (SSSR count). The molecule has 0 radical (unpaired) electrons. The highest BCUT2D eigenvalue weighted by molar-refractivity contribution is 5.86. The Kier molecular flexibility index (Phi) is 2.30. The van der Waals surface area contributed by atoms with E-state index in [0.29, 0.717) is 5.92 Å². The van der Waals surface area contributed by atoms with Crippen LogP contribution in [0.3, 0.4) is 0 Å². The maximum absolute atomic E-state index is 12.1. The van der Waals surface area contributed by atoms with Crippen molar-refractivity contribution in [1.29, 1.82) is 0 Å². The Morgan fingerprint density at radius 2 is 2.21 bits per heavy atom. The molecular weight excluding hydrogens is 178 g/mol. The lowest BCUT2D eigenvalue weighted by molar-refractivity contribution is -0.140. The van der Waals surface area contributed by atoms with Crippen LogP contribution in [0.25, 0.3) is 0 Å². The zero-order chi connectivity index (χ0) is 10.3. The van der Waals surface area contributed by atoms with E-state index in [0.717, 1.165) is 25.8 Å². The van der Waals surface area contributed by atoms with Crippen LogP contribution in [0.4, 0.5) is 0 Å². The number of rotatable bonds is 3. The van der Waals surface area contributed by atoms with E-state index in [-0.39, 0.29) is 18.6 Å². The fraction of sp³-hybridized carbons (Fsp3) is 0.909. The summed E-state index contributed by atoms with van der Waals surface area (Å²) >= 11 is 0. The molecule has 80 valence electrons. The maximum atomic E-state index is 12.1. The third kappa shape index (κ3) is 1.26. The second-order valence-electron chi connectivity index (χ2n) is 4.93. The van der Waals surface area contributed by atoms with Gasteiger partial charge in [0, 0.05) is 12.6 Å². The minimum atomic E-state index is -0.399. The summed E-state index contributed by atoms with van der Waals surface area (Å²) in [6, 6.07) is 0.273. The molecule has 2 aliphatic rings. The molecule has 3 heteroatoms. The quantitative estimate of drug-likeness (QED) is 0.733. The van der Waals surface area contributed by atoms with Crippen molar-refractivity contribution in [2.75, 3.05) is 13.2 Å². The number of aliphatic hydroxyl groups excluding tert-OH is 1. The van der Waals surface area contributed by atoms with Crippen molar-refractivity contribution in [3.05, 3.63) is 0 Å². The Bertz CT molecular complexity index is 248. The van der Waals surface area contributed by atoms with Gasteiger partial charge in [-0.05, 0) is 39.0 Å². The maximum Gasteiger partial charge on any atom is 0.231 e. The molecule has 1 atom stereocenters. The summed E-state index contributed by atoms with van der Waals surface area (Å²) in [4.78, 5) is 14.1.